The van der Waals surface area contributed by atoms with E-state index in [1.807, 2.05) is 0 Å². The summed E-state index contributed by atoms with van der Waals surface area (Å²) in [5.41, 5.74) is 1.28. The van der Waals surface area contributed by atoms with Gasteiger partial charge >= 0.3 is 6.61 Å². The molecule has 0 unspecified atom stereocenters. The van der Waals surface area contributed by atoms with Crippen molar-refractivity contribution in [2.45, 2.75) is 6.61 Å². The summed E-state index contributed by atoms with van der Waals surface area (Å²) in [7, 11) is 1.31. The van der Waals surface area contributed by atoms with Crippen LogP contribution in [0.3, 0.4) is 0 Å². The molecule has 3 aromatic rings. The number of halogens is 3. The largest absolute Gasteiger partial charge is 0.493 e. The summed E-state index contributed by atoms with van der Waals surface area (Å²) in [6.07, 6.45) is 3.18. The summed E-state index contributed by atoms with van der Waals surface area (Å²) in [5.74, 6) is -0.365. The maximum atomic E-state index is 12.7. The lowest BCUT2D eigenvalue weighted by Crippen LogP contribution is -2.05. The van der Waals surface area contributed by atoms with Crippen LogP contribution in [0.5, 0.6) is 11.5 Å². The number of hydrogen-bond donors (Lipinski definition) is 1. The van der Waals surface area contributed by atoms with Gasteiger partial charge in [0, 0.05) is 33.4 Å². The van der Waals surface area contributed by atoms with Crippen LogP contribution in [0, 0.1) is 0 Å². The standard InChI is InChI=1S/C16H11BrF2N2O3/c1-23-13-4-8(2-3-12(13)24-16(18)19)14(22)11-7-21-15-10(11)5-9(17)6-20-15/h2-7,16H,1H3,(H,20,21). The highest BCUT2D eigenvalue weighted by molar-refractivity contribution is 9.10. The van der Waals surface area contributed by atoms with Crippen molar-refractivity contribution in [2.75, 3.05) is 7.11 Å². The molecule has 0 aliphatic carbocycles. The summed E-state index contributed by atoms with van der Waals surface area (Å²) in [5, 5.41) is 0.654. The quantitative estimate of drug-likeness (QED) is 0.657. The van der Waals surface area contributed by atoms with Crippen LogP contribution in [-0.4, -0.2) is 29.5 Å². The molecule has 2 aromatic heterocycles. The molecule has 3 rings (SSSR count). The van der Waals surface area contributed by atoms with E-state index in [9.17, 15) is 13.6 Å². The van der Waals surface area contributed by atoms with E-state index in [1.54, 1.807) is 18.5 Å². The lowest BCUT2D eigenvalue weighted by atomic mass is 10.0. The highest BCUT2D eigenvalue weighted by Crippen LogP contribution is 2.31. The Bertz CT molecular complexity index is 911. The van der Waals surface area contributed by atoms with Gasteiger partial charge in [-0.3, -0.25) is 4.79 Å². The fraction of sp³-hybridized carbons (Fsp3) is 0.125. The molecule has 1 aromatic carbocycles. The van der Waals surface area contributed by atoms with Crippen LogP contribution < -0.4 is 9.47 Å². The van der Waals surface area contributed by atoms with Gasteiger partial charge in [-0.05, 0) is 40.2 Å². The number of aromatic amines is 1. The third-order valence-corrected chi connectivity index (χ3v) is 3.82. The number of ether oxygens (including phenoxy) is 2. The number of rotatable bonds is 5. The van der Waals surface area contributed by atoms with Crippen molar-refractivity contribution in [2.24, 2.45) is 0 Å². The van der Waals surface area contributed by atoms with Crippen molar-refractivity contribution in [3.63, 3.8) is 0 Å². The third kappa shape index (κ3) is 3.09. The Morgan fingerprint density at radius 1 is 1.29 bits per heavy atom. The number of H-pyrrole nitrogens is 1. The Labute approximate surface area is 143 Å². The van der Waals surface area contributed by atoms with Crippen LogP contribution in [0.1, 0.15) is 15.9 Å². The first kappa shape index (κ1) is 16.4. The number of carbonyl (C=O) groups is 1. The first-order chi connectivity index (χ1) is 11.5. The predicted octanol–water partition coefficient (Wildman–Crippen LogP) is 4.17. The number of hydrogen-bond acceptors (Lipinski definition) is 4. The summed E-state index contributed by atoms with van der Waals surface area (Å²) in [4.78, 5) is 19.8. The second-order valence-corrected chi connectivity index (χ2v) is 5.74. The smallest absolute Gasteiger partial charge is 0.387 e. The van der Waals surface area contributed by atoms with Gasteiger partial charge in [-0.15, -0.1) is 0 Å². The zero-order valence-corrected chi connectivity index (χ0v) is 13.9. The molecule has 0 saturated carbocycles. The van der Waals surface area contributed by atoms with Crippen molar-refractivity contribution in [3.05, 3.63) is 52.3 Å². The first-order valence-electron chi connectivity index (χ1n) is 6.79. The van der Waals surface area contributed by atoms with Gasteiger partial charge in [-0.25, -0.2) is 4.98 Å². The molecule has 124 valence electrons. The van der Waals surface area contributed by atoms with Gasteiger partial charge in [-0.2, -0.15) is 8.78 Å². The van der Waals surface area contributed by atoms with Crippen LogP contribution in [0.2, 0.25) is 0 Å². The molecule has 0 aliphatic heterocycles. The van der Waals surface area contributed by atoms with Gasteiger partial charge in [0.05, 0.1) is 7.11 Å². The zero-order valence-electron chi connectivity index (χ0n) is 12.3. The molecule has 24 heavy (non-hydrogen) atoms. The number of pyridine rings is 1. The van der Waals surface area contributed by atoms with Crippen molar-refractivity contribution in [3.8, 4) is 11.5 Å². The number of benzene rings is 1. The number of fused-ring (bicyclic) bond motifs is 1. The predicted molar refractivity (Wildman–Crippen MR) is 86.9 cm³/mol. The van der Waals surface area contributed by atoms with E-state index in [2.05, 4.69) is 30.6 Å². The van der Waals surface area contributed by atoms with Crippen LogP contribution in [0.25, 0.3) is 11.0 Å². The Morgan fingerprint density at radius 3 is 2.79 bits per heavy atom. The molecule has 1 N–H and O–H groups in total. The minimum absolute atomic E-state index is 0.0558. The molecule has 0 bridgehead atoms. The molecule has 0 amide bonds. The van der Waals surface area contributed by atoms with Crippen LogP contribution in [0.4, 0.5) is 8.78 Å². The summed E-state index contributed by atoms with van der Waals surface area (Å²) >= 11 is 3.32. The average Bonchev–Trinajstić information content (AvgIpc) is 2.97. The fourth-order valence-electron chi connectivity index (χ4n) is 2.32. The Kier molecular flexibility index (Phi) is 4.48. The van der Waals surface area contributed by atoms with Gasteiger partial charge in [0.25, 0.3) is 0 Å². The van der Waals surface area contributed by atoms with Crippen molar-refractivity contribution in [1.82, 2.24) is 9.97 Å². The zero-order chi connectivity index (χ0) is 17.3. The maximum Gasteiger partial charge on any atom is 0.387 e. The monoisotopic (exact) mass is 396 g/mol. The third-order valence-electron chi connectivity index (χ3n) is 3.38. The highest BCUT2D eigenvalue weighted by Gasteiger charge is 2.18. The van der Waals surface area contributed by atoms with E-state index < -0.39 is 6.61 Å². The number of alkyl halides is 2. The fourth-order valence-corrected chi connectivity index (χ4v) is 2.65. The molecule has 0 radical (unpaired) electrons. The SMILES string of the molecule is COc1cc(C(=O)c2c[nH]c3ncc(Br)cc23)ccc1OC(F)F. The van der Waals surface area contributed by atoms with Gasteiger partial charge in [-0.1, -0.05) is 0 Å². The molecule has 0 aliphatic rings. The lowest BCUT2D eigenvalue weighted by Gasteiger charge is -2.10. The van der Waals surface area contributed by atoms with Crippen LogP contribution >= 0.6 is 15.9 Å². The van der Waals surface area contributed by atoms with Crippen LogP contribution in [0.15, 0.2) is 41.1 Å². The molecule has 5 nitrogen and oxygen atoms in total. The summed E-state index contributed by atoms with van der Waals surface area (Å²) in [6.45, 7) is -2.97. The molecule has 0 saturated heterocycles. The van der Waals surface area contributed by atoms with Crippen LogP contribution in [-0.2, 0) is 0 Å². The number of aromatic nitrogens is 2. The Morgan fingerprint density at radius 2 is 2.08 bits per heavy atom. The second-order valence-electron chi connectivity index (χ2n) is 4.83. The molecular formula is C16H11BrF2N2O3. The minimum Gasteiger partial charge on any atom is -0.493 e. The van der Waals surface area contributed by atoms with Crippen molar-refractivity contribution in [1.29, 1.82) is 0 Å². The molecule has 0 fully saturated rings. The lowest BCUT2D eigenvalue weighted by molar-refractivity contribution is -0.0512. The highest BCUT2D eigenvalue weighted by atomic mass is 79.9. The second kappa shape index (κ2) is 6.56. The normalized spacial score (nSPS) is 11.0. The van der Waals surface area contributed by atoms with Gasteiger partial charge in [0.2, 0.25) is 0 Å². The maximum absolute atomic E-state index is 12.7. The van der Waals surface area contributed by atoms with Gasteiger partial charge in [0.1, 0.15) is 5.65 Å². The van der Waals surface area contributed by atoms with Crippen molar-refractivity contribution >= 4 is 32.7 Å². The molecule has 0 atom stereocenters. The van der Waals surface area contributed by atoms with Gasteiger partial charge < -0.3 is 14.5 Å². The summed E-state index contributed by atoms with van der Waals surface area (Å²) in [6, 6.07) is 5.83. The number of methoxy groups -OCH3 is 1. The molecule has 8 heteroatoms. The van der Waals surface area contributed by atoms with E-state index in [4.69, 9.17) is 4.74 Å². The number of carbonyl (C=O) groups excluding carboxylic acids is 1. The molecule has 0 spiro atoms. The Balaban J connectivity index is 2.01. The van der Waals surface area contributed by atoms with Gasteiger partial charge in [0.15, 0.2) is 17.3 Å². The summed E-state index contributed by atoms with van der Waals surface area (Å²) < 4.78 is 34.9. The van der Waals surface area contributed by atoms with E-state index >= 15 is 0 Å². The van der Waals surface area contributed by atoms with E-state index in [0.717, 1.165) is 4.47 Å². The first-order valence-corrected chi connectivity index (χ1v) is 7.59. The van der Waals surface area contributed by atoms with E-state index in [1.165, 1.54) is 25.3 Å². The van der Waals surface area contributed by atoms with E-state index in [-0.39, 0.29) is 22.8 Å². The number of nitrogens with zero attached hydrogens (tertiary/aromatic N) is 1. The van der Waals surface area contributed by atoms with Crippen molar-refractivity contribution < 1.29 is 23.0 Å². The molecule has 2 heterocycles. The number of ketones is 1. The average molecular weight is 397 g/mol. The van der Waals surface area contributed by atoms with E-state index in [0.29, 0.717) is 16.6 Å². The Hall–Kier alpha value is -2.48. The minimum atomic E-state index is -2.97. The molecular weight excluding hydrogens is 386 g/mol. The number of nitrogens with one attached hydrogen (secondary N) is 1. The topological polar surface area (TPSA) is 64.2 Å².